The molecule has 1 N–H and O–H groups in total. The van der Waals surface area contributed by atoms with Crippen LogP contribution in [-0.2, 0) is 18.7 Å². The molecule has 21 heavy (non-hydrogen) atoms. The number of thiophene rings is 1. The summed E-state index contributed by atoms with van der Waals surface area (Å²) in [7, 11) is 0. The lowest BCUT2D eigenvalue weighted by Gasteiger charge is -2.07. The van der Waals surface area contributed by atoms with Gasteiger partial charge in [-0.05, 0) is 41.4 Å². The highest BCUT2D eigenvalue weighted by molar-refractivity contribution is 7.98. The minimum Gasteiger partial charge on any atom is -0.315 e. The first-order valence-electron chi connectivity index (χ1n) is 7.36. The second-order valence-corrected chi connectivity index (χ2v) is 7.49. The number of aromatic nitrogens is 4. The van der Waals surface area contributed by atoms with Crippen LogP contribution in [0.15, 0.2) is 17.3 Å². The predicted octanol–water partition coefficient (Wildman–Crippen LogP) is 2.83. The van der Waals surface area contributed by atoms with Crippen molar-refractivity contribution in [1.29, 1.82) is 0 Å². The van der Waals surface area contributed by atoms with E-state index in [2.05, 4.69) is 53.7 Å². The van der Waals surface area contributed by atoms with Crippen molar-refractivity contribution in [3.8, 4) is 0 Å². The van der Waals surface area contributed by atoms with Gasteiger partial charge in [0.05, 0.1) is 6.54 Å². The van der Waals surface area contributed by atoms with Crippen molar-refractivity contribution in [2.45, 2.75) is 44.6 Å². The van der Waals surface area contributed by atoms with Crippen LogP contribution in [0.2, 0.25) is 0 Å². The molecule has 0 unspecified atom stereocenters. The minimum atomic E-state index is 0.666. The zero-order valence-corrected chi connectivity index (χ0v) is 14.5. The molecule has 0 saturated carbocycles. The molecule has 0 saturated heterocycles. The van der Waals surface area contributed by atoms with Gasteiger partial charge in [0.2, 0.25) is 5.16 Å². The van der Waals surface area contributed by atoms with Crippen LogP contribution in [0.1, 0.15) is 30.5 Å². The number of aryl methyl sites for hydroxylation is 1. The van der Waals surface area contributed by atoms with Gasteiger partial charge in [0, 0.05) is 22.1 Å². The van der Waals surface area contributed by atoms with Gasteiger partial charge in [-0.3, -0.25) is 0 Å². The van der Waals surface area contributed by atoms with E-state index in [-0.39, 0.29) is 0 Å². The lowest BCUT2D eigenvalue weighted by molar-refractivity contribution is 0.482. The largest absolute Gasteiger partial charge is 0.315 e. The fourth-order valence-corrected chi connectivity index (χ4v) is 3.75. The molecule has 0 amide bonds. The third-order valence-corrected chi connectivity index (χ3v) is 5.38. The molecule has 0 atom stereocenters. The first-order chi connectivity index (χ1) is 10.2. The summed E-state index contributed by atoms with van der Waals surface area (Å²) in [5.41, 5.74) is 0. The first kappa shape index (κ1) is 16.5. The molecule has 0 spiro atoms. The van der Waals surface area contributed by atoms with Crippen LogP contribution < -0.4 is 5.32 Å². The Morgan fingerprint density at radius 2 is 2.14 bits per heavy atom. The fourth-order valence-electron chi connectivity index (χ4n) is 1.84. The number of nitrogens with zero attached hydrogens (tertiary/aromatic N) is 4. The van der Waals surface area contributed by atoms with E-state index in [4.69, 9.17) is 0 Å². The normalized spacial score (nSPS) is 11.4. The Morgan fingerprint density at radius 3 is 2.86 bits per heavy atom. The Bertz CT molecular complexity index is 535. The SMILES string of the molecule is CCc1ccc(CSc2nnnn2CCNCC(C)C)s1. The molecule has 2 aromatic rings. The molecule has 0 bridgehead atoms. The van der Waals surface area contributed by atoms with Crippen LogP contribution in [0.3, 0.4) is 0 Å². The van der Waals surface area contributed by atoms with E-state index in [9.17, 15) is 0 Å². The molecule has 0 aliphatic heterocycles. The Balaban J connectivity index is 1.79. The maximum atomic E-state index is 4.11. The Morgan fingerprint density at radius 1 is 1.33 bits per heavy atom. The fraction of sp³-hybridized carbons (Fsp3) is 0.643. The molecule has 2 rings (SSSR count). The molecule has 0 fully saturated rings. The van der Waals surface area contributed by atoms with E-state index in [0.29, 0.717) is 5.92 Å². The number of thioether (sulfide) groups is 1. The van der Waals surface area contributed by atoms with Gasteiger partial charge < -0.3 is 5.32 Å². The highest BCUT2D eigenvalue weighted by atomic mass is 32.2. The van der Waals surface area contributed by atoms with Crippen LogP contribution in [0.4, 0.5) is 0 Å². The van der Waals surface area contributed by atoms with Gasteiger partial charge in [-0.15, -0.1) is 16.4 Å². The van der Waals surface area contributed by atoms with Crippen molar-refractivity contribution >= 4 is 23.1 Å². The van der Waals surface area contributed by atoms with Gasteiger partial charge in [-0.25, -0.2) is 4.68 Å². The van der Waals surface area contributed by atoms with Crippen molar-refractivity contribution in [3.63, 3.8) is 0 Å². The van der Waals surface area contributed by atoms with E-state index in [1.807, 2.05) is 16.0 Å². The maximum Gasteiger partial charge on any atom is 0.209 e. The number of hydrogen-bond donors (Lipinski definition) is 1. The third-order valence-electron chi connectivity index (χ3n) is 2.96. The van der Waals surface area contributed by atoms with Crippen LogP contribution in [0.5, 0.6) is 0 Å². The van der Waals surface area contributed by atoms with Gasteiger partial charge in [0.15, 0.2) is 0 Å². The number of tetrazole rings is 1. The molecule has 0 aromatic carbocycles. The van der Waals surface area contributed by atoms with Gasteiger partial charge in [0.25, 0.3) is 0 Å². The zero-order chi connectivity index (χ0) is 15.1. The van der Waals surface area contributed by atoms with Crippen LogP contribution in [0, 0.1) is 5.92 Å². The highest BCUT2D eigenvalue weighted by Gasteiger charge is 2.08. The maximum absolute atomic E-state index is 4.11. The molecular formula is C14H23N5S2. The summed E-state index contributed by atoms with van der Waals surface area (Å²) in [6, 6.07) is 4.41. The minimum absolute atomic E-state index is 0.666. The number of hydrogen-bond acceptors (Lipinski definition) is 6. The van der Waals surface area contributed by atoms with E-state index in [1.54, 1.807) is 11.8 Å². The monoisotopic (exact) mass is 325 g/mol. The van der Waals surface area contributed by atoms with E-state index < -0.39 is 0 Å². The summed E-state index contributed by atoms with van der Waals surface area (Å²) in [5.74, 6) is 1.60. The Hall–Kier alpha value is -0.920. The summed E-state index contributed by atoms with van der Waals surface area (Å²) in [4.78, 5) is 2.81. The summed E-state index contributed by atoms with van der Waals surface area (Å²) in [5, 5.41) is 16.3. The second-order valence-electron chi connectivity index (χ2n) is 5.29. The second kappa shape index (κ2) is 8.51. The van der Waals surface area contributed by atoms with E-state index in [0.717, 1.165) is 37.0 Å². The van der Waals surface area contributed by atoms with Gasteiger partial charge >= 0.3 is 0 Å². The molecule has 5 nitrogen and oxygen atoms in total. The molecule has 116 valence electrons. The quantitative estimate of drug-likeness (QED) is 0.567. The average Bonchev–Trinajstić information content (AvgIpc) is 3.10. The lowest BCUT2D eigenvalue weighted by atomic mass is 10.2. The molecule has 0 radical (unpaired) electrons. The Labute approximate surface area is 134 Å². The molecule has 0 aliphatic rings. The highest BCUT2D eigenvalue weighted by Crippen LogP contribution is 2.25. The van der Waals surface area contributed by atoms with Gasteiger partial charge in [0.1, 0.15) is 0 Å². The topological polar surface area (TPSA) is 55.6 Å². The number of rotatable bonds is 9. The van der Waals surface area contributed by atoms with Crippen LogP contribution >= 0.6 is 23.1 Å². The molecule has 2 heterocycles. The molecule has 0 aliphatic carbocycles. The Kier molecular flexibility index (Phi) is 6.66. The molecule has 2 aromatic heterocycles. The third kappa shape index (κ3) is 5.41. The van der Waals surface area contributed by atoms with Crippen molar-refractivity contribution in [1.82, 2.24) is 25.5 Å². The average molecular weight is 326 g/mol. The van der Waals surface area contributed by atoms with E-state index >= 15 is 0 Å². The van der Waals surface area contributed by atoms with Gasteiger partial charge in [-0.2, -0.15) is 0 Å². The molecular weight excluding hydrogens is 302 g/mol. The number of nitrogens with one attached hydrogen (secondary N) is 1. The summed E-state index contributed by atoms with van der Waals surface area (Å²) in [6.07, 6.45) is 1.11. The summed E-state index contributed by atoms with van der Waals surface area (Å²) >= 11 is 3.58. The predicted molar refractivity (Wildman–Crippen MR) is 88.8 cm³/mol. The summed E-state index contributed by atoms with van der Waals surface area (Å²) < 4.78 is 1.88. The molecule has 7 heteroatoms. The van der Waals surface area contributed by atoms with Gasteiger partial charge in [-0.1, -0.05) is 32.5 Å². The standard InChI is InChI=1S/C14H23N5S2/c1-4-12-5-6-13(21-12)10-20-14-16-17-18-19(14)8-7-15-9-11(2)3/h5-6,11,15H,4,7-10H2,1-3H3. The van der Waals surface area contributed by atoms with Crippen LogP contribution in [0.25, 0.3) is 0 Å². The van der Waals surface area contributed by atoms with Crippen molar-refractivity contribution in [3.05, 3.63) is 21.9 Å². The van der Waals surface area contributed by atoms with Crippen molar-refractivity contribution < 1.29 is 0 Å². The van der Waals surface area contributed by atoms with Crippen LogP contribution in [-0.4, -0.2) is 33.3 Å². The lowest BCUT2D eigenvalue weighted by Crippen LogP contribution is -2.24. The zero-order valence-electron chi connectivity index (χ0n) is 12.9. The first-order valence-corrected chi connectivity index (χ1v) is 9.16. The van der Waals surface area contributed by atoms with Crippen molar-refractivity contribution in [2.75, 3.05) is 13.1 Å². The van der Waals surface area contributed by atoms with Crippen molar-refractivity contribution in [2.24, 2.45) is 5.92 Å². The summed E-state index contributed by atoms with van der Waals surface area (Å²) in [6.45, 7) is 9.34. The smallest absolute Gasteiger partial charge is 0.209 e. The van der Waals surface area contributed by atoms with E-state index in [1.165, 1.54) is 9.75 Å².